The van der Waals surface area contributed by atoms with Crippen LogP contribution in [0.2, 0.25) is 10.3 Å². The molecule has 1 aliphatic rings. The Kier molecular flexibility index (Phi) is 5.42. The highest BCUT2D eigenvalue weighted by molar-refractivity contribution is 6.33. The van der Waals surface area contributed by atoms with Crippen LogP contribution < -0.4 is 0 Å². The first kappa shape index (κ1) is 16.0. The van der Waals surface area contributed by atoms with E-state index in [1.807, 2.05) is 0 Å². The number of hydrogen-bond donors (Lipinski definition) is 0. The lowest BCUT2D eigenvalue weighted by atomic mass is 10.0. The Morgan fingerprint density at radius 3 is 2.62 bits per heavy atom. The van der Waals surface area contributed by atoms with Crippen LogP contribution in [0.4, 0.5) is 0 Å². The van der Waals surface area contributed by atoms with E-state index < -0.39 is 6.04 Å². The minimum Gasteiger partial charge on any atom is -0.464 e. The summed E-state index contributed by atoms with van der Waals surface area (Å²) in [6.07, 6.45) is 2.36. The molecule has 0 aromatic carbocycles. The molecule has 1 aromatic rings. The van der Waals surface area contributed by atoms with Gasteiger partial charge in [-0.3, -0.25) is 4.79 Å². The van der Waals surface area contributed by atoms with E-state index in [2.05, 4.69) is 4.98 Å². The van der Waals surface area contributed by atoms with Gasteiger partial charge in [0.15, 0.2) is 0 Å². The minimum absolute atomic E-state index is 0.149. The van der Waals surface area contributed by atoms with Crippen molar-refractivity contribution >= 4 is 35.1 Å². The van der Waals surface area contributed by atoms with E-state index in [0.29, 0.717) is 25.1 Å². The molecule has 1 aromatic heterocycles. The first-order valence-electron chi connectivity index (χ1n) is 6.83. The summed E-state index contributed by atoms with van der Waals surface area (Å²) in [5, 5.41) is 0.297. The third-order valence-electron chi connectivity index (χ3n) is 3.33. The molecule has 21 heavy (non-hydrogen) atoms. The van der Waals surface area contributed by atoms with Gasteiger partial charge in [0, 0.05) is 12.1 Å². The Labute approximate surface area is 133 Å². The monoisotopic (exact) mass is 330 g/mol. The van der Waals surface area contributed by atoms with Crippen LogP contribution in [0.5, 0.6) is 0 Å². The van der Waals surface area contributed by atoms with E-state index in [-0.39, 0.29) is 22.2 Å². The van der Waals surface area contributed by atoms with Crippen molar-refractivity contribution < 1.29 is 14.3 Å². The summed E-state index contributed by atoms with van der Waals surface area (Å²) in [7, 11) is 0. The quantitative estimate of drug-likeness (QED) is 0.631. The van der Waals surface area contributed by atoms with Gasteiger partial charge in [-0.1, -0.05) is 23.2 Å². The van der Waals surface area contributed by atoms with Crippen LogP contribution in [0.1, 0.15) is 36.5 Å². The lowest BCUT2D eigenvalue weighted by molar-refractivity contribution is -0.149. The smallest absolute Gasteiger partial charge is 0.328 e. The minimum atomic E-state index is -0.545. The Hall–Kier alpha value is -1.33. The number of esters is 1. The maximum Gasteiger partial charge on any atom is 0.328 e. The molecule has 0 N–H and O–H groups in total. The largest absolute Gasteiger partial charge is 0.464 e. The third-order valence-corrected chi connectivity index (χ3v) is 3.72. The van der Waals surface area contributed by atoms with Crippen molar-refractivity contribution in [3.05, 3.63) is 28.0 Å². The van der Waals surface area contributed by atoms with Gasteiger partial charge >= 0.3 is 5.97 Å². The number of carbonyl (C=O) groups is 2. The fraction of sp³-hybridized carbons (Fsp3) is 0.500. The Morgan fingerprint density at radius 2 is 2.00 bits per heavy atom. The van der Waals surface area contributed by atoms with Gasteiger partial charge in [-0.05, 0) is 38.3 Å². The van der Waals surface area contributed by atoms with Crippen molar-refractivity contribution in [2.24, 2.45) is 0 Å². The maximum absolute atomic E-state index is 12.6. The predicted molar refractivity (Wildman–Crippen MR) is 79.6 cm³/mol. The molecule has 2 heterocycles. The van der Waals surface area contributed by atoms with Crippen LogP contribution in [0.3, 0.4) is 0 Å². The number of pyridine rings is 1. The summed E-state index contributed by atoms with van der Waals surface area (Å²) in [6.45, 7) is 2.56. The molecule has 1 amide bonds. The summed E-state index contributed by atoms with van der Waals surface area (Å²) >= 11 is 11.6. The van der Waals surface area contributed by atoms with Gasteiger partial charge in [0.2, 0.25) is 0 Å². The highest BCUT2D eigenvalue weighted by Crippen LogP contribution is 2.23. The molecule has 0 bridgehead atoms. The molecular formula is C14H16Cl2N2O3. The summed E-state index contributed by atoms with van der Waals surface area (Å²) in [4.78, 5) is 29.9. The topological polar surface area (TPSA) is 59.5 Å². The molecular weight excluding hydrogens is 315 g/mol. The zero-order valence-electron chi connectivity index (χ0n) is 11.6. The summed E-state index contributed by atoms with van der Waals surface area (Å²) in [5.41, 5.74) is 0.330. The van der Waals surface area contributed by atoms with E-state index >= 15 is 0 Å². The average molecular weight is 331 g/mol. The fourth-order valence-electron chi connectivity index (χ4n) is 2.41. The molecule has 1 fully saturated rings. The molecule has 7 heteroatoms. The van der Waals surface area contributed by atoms with E-state index in [1.54, 1.807) is 6.92 Å². The number of amides is 1. The van der Waals surface area contributed by atoms with Crippen molar-refractivity contribution in [2.75, 3.05) is 13.2 Å². The van der Waals surface area contributed by atoms with Crippen molar-refractivity contribution in [3.8, 4) is 0 Å². The Balaban J connectivity index is 2.24. The lowest BCUT2D eigenvalue weighted by Gasteiger charge is -2.34. The second-order valence-electron chi connectivity index (χ2n) is 4.76. The van der Waals surface area contributed by atoms with E-state index in [1.165, 1.54) is 17.0 Å². The first-order valence-corrected chi connectivity index (χ1v) is 7.59. The van der Waals surface area contributed by atoms with Crippen LogP contribution >= 0.6 is 23.2 Å². The van der Waals surface area contributed by atoms with Crippen LogP contribution in [0.15, 0.2) is 12.1 Å². The summed E-state index contributed by atoms with van der Waals surface area (Å²) < 4.78 is 5.05. The third kappa shape index (κ3) is 3.86. The van der Waals surface area contributed by atoms with Gasteiger partial charge in [-0.25, -0.2) is 9.78 Å². The standard InChI is InChI=1S/C14H16Cl2N2O3/c1-2-21-14(20)10-5-3-4-6-18(10)13(19)9-7-11(15)17-12(16)8-9/h7-8,10H,2-6H2,1H3. The number of halogens is 2. The molecule has 1 saturated heterocycles. The molecule has 0 radical (unpaired) electrons. The number of aromatic nitrogens is 1. The van der Waals surface area contributed by atoms with Crippen molar-refractivity contribution in [1.29, 1.82) is 0 Å². The van der Waals surface area contributed by atoms with E-state index in [0.717, 1.165) is 12.8 Å². The molecule has 5 nitrogen and oxygen atoms in total. The van der Waals surface area contributed by atoms with Crippen LogP contribution in [-0.4, -0.2) is 41.0 Å². The predicted octanol–water partition coefficient (Wildman–Crippen LogP) is 2.95. The zero-order valence-corrected chi connectivity index (χ0v) is 13.2. The van der Waals surface area contributed by atoms with Crippen molar-refractivity contribution in [1.82, 2.24) is 9.88 Å². The Bertz CT molecular complexity index is 531. The summed E-state index contributed by atoms with van der Waals surface area (Å²) in [6, 6.07) is 2.36. The second-order valence-corrected chi connectivity index (χ2v) is 5.54. The molecule has 1 aliphatic heterocycles. The molecule has 2 rings (SSSR count). The number of ether oxygens (including phenoxy) is 1. The van der Waals surface area contributed by atoms with Gasteiger partial charge in [-0.2, -0.15) is 0 Å². The Morgan fingerprint density at radius 1 is 1.33 bits per heavy atom. The lowest BCUT2D eigenvalue weighted by Crippen LogP contribution is -2.48. The molecule has 0 spiro atoms. The summed E-state index contributed by atoms with van der Waals surface area (Å²) in [5.74, 6) is -0.643. The maximum atomic E-state index is 12.6. The van der Waals surface area contributed by atoms with Crippen LogP contribution in [0.25, 0.3) is 0 Å². The number of hydrogen-bond acceptors (Lipinski definition) is 4. The molecule has 0 saturated carbocycles. The fourth-order valence-corrected chi connectivity index (χ4v) is 2.87. The number of piperidine rings is 1. The number of carbonyl (C=O) groups excluding carboxylic acids is 2. The second kappa shape index (κ2) is 7.09. The van der Waals surface area contributed by atoms with E-state index in [9.17, 15) is 9.59 Å². The first-order chi connectivity index (χ1) is 10.0. The highest BCUT2D eigenvalue weighted by atomic mass is 35.5. The van der Waals surface area contributed by atoms with Crippen LogP contribution in [-0.2, 0) is 9.53 Å². The molecule has 1 atom stereocenters. The van der Waals surface area contributed by atoms with Gasteiger partial charge in [-0.15, -0.1) is 0 Å². The van der Waals surface area contributed by atoms with Crippen molar-refractivity contribution in [3.63, 3.8) is 0 Å². The number of likely N-dealkylation sites (tertiary alicyclic amines) is 1. The zero-order chi connectivity index (χ0) is 15.4. The van der Waals surface area contributed by atoms with Gasteiger partial charge in [0.25, 0.3) is 5.91 Å². The normalized spacial score (nSPS) is 18.4. The number of nitrogens with zero attached hydrogens (tertiary/aromatic N) is 2. The van der Waals surface area contributed by atoms with Crippen LogP contribution in [0, 0.1) is 0 Å². The van der Waals surface area contributed by atoms with Gasteiger partial charge in [0.05, 0.1) is 6.61 Å². The average Bonchev–Trinajstić information content (AvgIpc) is 2.45. The van der Waals surface area contributed by atoms with E-state index in [4.69, 9.17) is 27.9 Å². The van der Waals surface area contributed by atoms with Crippen molar-refractivity contribution in [2.45, 2.75) is 32.2 Å². The van der Waals surface area contributed by atoms with Gasteiger partial charge in [0.1, 0.15) is 16.3 Å². The molecule has 114 valence electrons. The highest BCUT2D eigenvalue weighted by Gasteiger charge is 2.33. The van der Waals surface area contributed by atoms with Gasteiger partial charge < -0.3 is 9.64 Å². The molecule has 0 aliphatic carbocycles. The number of rotatable bonds is 3. The molecule has 1 unspecified atom stereocenters. The SMILES string of the molecule is CCOC(=O)C1CCCCN1C(=O)c1cc(Cl)nc(Cl)c1.